The SMILES string of the molecule is COc1ccc(NC(=O)CC2CCNCC2)cc1. The van der Waals surface area contributed by atoms with Gasteiger partial charge in [-0.3, -0.25) is 4.79 Å². The van der Waals surface area contributed by atoms with Gasteiger partial charge >= 0.3 is 0 Å². The normalized spacial score (nSPS) is 16.3. The first-order chi connectivity index (χ1) is 8.78. The molecule has 1 aliphatic rings. The largest absolute Gasteiger partial charge is 0.497 e. The molecule has 1 saturated heterocycles. The second-order valence-corrected chi connectivity index (χ2v) is 4.67. The number of amides is 1. The average Bonchev–Trinajstić information content (AvgIpc) is 2.40. The second-order valence-electron chi connectivity index (χ2n) is 4.67. The highest BCUT2D eigenvalue weighted by Crippen LogP contribution is 2.18. The summed E-state index contributed by atoms with van der Waals surface area (Å²) in [6, 6.07) is 7.42. The van der Waals surface area contributed by atoms with E-state index in [2.05, 4.69) is 10.6 Å². The van der Waals surface area contributed by atoms with Gasteiger partial charge < -0.3 is 15.4 Å². The number of ether oxygens (including phenoxy) is 1. The molecule has 98 valence electrons. The lowest BCUT2D eigenvalue weighted by Gasteiger charge is -2.21. The minimum atomic E-state index is 0.104. The van der Waals surface area contributed by atoms with E-state index in [-0.39, 0.29) is 5.91 Å². The number of nitrogens with one attached hydrogen (secondary N) is 2. The van der Waals surface area contributed by atoms with Crippen LogP contribution in [-0.2, 0) is 4.79 Å². The van der Waals surface area contributed by atoms with E-state index in [1.807, 2.05) is 24.3 Å². The topological polar surface area (TPSA) is 50.4 Å². The van der Waals surface area contributed by atoms with E-state index in [1.54, 1.807) is 7.11 Å². The van der Waals surface area contributed by atoms with Crippen LogP contribution in [0.4, 0.5) is 5.69 Å². The fourth-order valence-electron chi connectivity index (χ4n) is 2.23. The number of rotatable bonds is 4. The predicted octanol–water partition coefficient (Wildman–Crippen LogP) is 2.02. The lowest BCUT2D eigenvalue weighted by Crippen LogP contribution is -2.30. The van der Waals surface area contributed by atoms with E-state index < -0.39 is 0 Å². The van der Waals surface area contributed by atoms with Gasteiger partial charge in [-0.05, 0) is 56.1 Å². The first-order valence-electron chi connectivity index (χ1n) is 6.42. The van der Waals surface area contributed by atoms with Crippen LogP contribution in [0.2, 0.25) is 0 Å². The fraction of sp³-hybridized carbons (Fsp3) is 0.500. The number of carbonyl (C=O) groups is 1. The summed E-state index contributed by atoms with van der Waals surface area (Å²) in [7, 11) is 1.63. The van der Waals surface area contributed by atoms with Crippen molar-refractivity contribution in [3.8, 4) is 5.75 Å². The van der Waals surface area contributed by atoms with Crippen LogP contribution in [0.25, 0.3) is 0 Å². The molecule has 1 aromatic rings. The highest BCUT2D eigenvalue weighted by atomic mass is 16.5. The maximum Gasteiger partial charge on any atom is 0.224 e. The summed E-state index contributed by atoms with van der Waals surface area (Å²) in [5.74, 6) is 1.42. The Hall–Kier alpha value is -1.55. The predicted molar refractivity (Wildman–Crippen MR) is 71.8 cm³/mol. The number of methoxy groups -OCH3 is 1. The van der Waals surface area contributed by atoms with Crippen LogP contribution >= 0.6 is 0 Å². The van der Waals surface area contributed by atoms with Gasteiger partial charge in [0, 0.05) is 12.1 Å². The van der Waals surface area contributed by atoms with Crippen molar-refractivity contribution in [3.63, 3.8) is 0 Å². The Labute approximate surface area is 108 Å². The number of hydrogen-bond donors (Lipinski definition) is 2. The highest BCUT2D eigenvalue weighted by molar-refractivity contribution is 5.90. The van der Waals surface area contributed by atoms with Crippen molar-refractivity contribution in [3.05, 3.63) is 24.3 Å². The van der Waals surface area contributed by atoms with Crippen LogP contribution in [0.3, 0.4) is 0 Å². The van der Waals surface area contributed by atoms with Gasteiger partial charge in [0.15, 0.2) is 0 Å². The first-order valence-corrected chi connectivity index (χ1v) is 6.42. The van der Waals surface area contributed by atoms with Crippen LogP contribution in [0.5, 0.6) is 5.75 Å². The maximum absolute atomic E-state index is 11.9. The van der Waals surface area contributed by atoms with Crippen LogP contribution in [0.15, 0.2) is 24.3 Å². The number of benzene rings is 1. The van der Waals surface area contributed by atoms with Gasteiger partial charge in [-0.25, -0.2) is 0 Å². The number of piperidine rings is 1. The lowest BCUT2D eigenvalue weighted by atomic mass is 9.94. The van der Waals surface area contributed by atoms with Crippen molar-refractivity contribution in [2.24, 2.45) is 5.92 Å². The molecule has 0 radical (unpaired) electrons. The van der Waals surface area contributed by atoms with Crippen molar-refractivity contribution >= 4 is 11.6 Å². The van der Waals surface area contributed by atoms with Crippen LogP contribution in [0, 0.1) is 5.92 Å². The van der Waals surface area contributed by atoms with Crippen LogP contribution in [-0.4, -0.2) is 26.1 Å². The fourth-order valence-corrected chi connectivity index (χ4v) is 2.23. The molecule has 0 atom stereocenters. The summed E-state index contributed by atoms with van der Waals surface area (Å²) < 4.78 is 5.08. The van der Waals surface area contributed by atoms with E-state index >= 15 is 0 Å². The van der Waals surface area contributed by atoms with Crippen LogP contribution in [0.1, 0.15) is 19.3 Å². The minimum absolute atomic E-state index is 0.104. The zero-order chi connectivity index (χ0) is 12.8. The Morgan fingerprint density at radius 2 is 2.00 bits per heavy atom. The molecular weight excluding hydrogens is 228 g/mol. The van der Waals surface area contributed by atoms with Crippen molar-refractivity contribution in [1.29, 1.82) is 0 Å². The number of carbonyl (C=O) groups excluding carboxylic acids is 1. The third-order valence-electron chi connectivity index (χ3n) is 3.31. The van der Waals surface area contributed by atoms with E-state index in [0.29, 0.717) is 12.3 Å². The molecule has 2 N–H and O–H groups in total. The molecule has 0 spiro atoms. The molecule has 0 aromatic heterocycles. The average molecular weight is 248 g/mol. The molecule has 0 aliphatic carbocycles. The standard InChI is InChI=1S/C14H20N2O2/c1-18-13-4-2-12(3-5-13)16-14(17)10-11-6-8-15-9-7-11/h2-5,11,15H,6-10H2,1H3,(H,16,17). The summed E-state index contributed by atoms with van der Waals surface area (Å²) in [6.45, 7) is 2.06. The van der Waals surface area contributed by atoms with Crippen molar-refractivity contribution in [2.45, 2.75) is 19.3 Å². The summed E-state index contributed by atoms with van der Waals surface area (Å²) >= 11 is 0. The van der Waals surface area contributed by atoms with E-state index in [1.165, 1.54) is 0 Å². The molecule has 1 amide bonds. The molecule has 1 aliphatic heterocycles. The molecule has 0 unspecified atom stereocenters. The van der Waals surface area contributed by atoms with Gasteiger partial charge in [-0.2, -0.15) is 0 Å². The molecule has 1 fully saturated rings. The van der Waals surface area contributed by atoms with E-state index in [9.17, 15) is 4.79 Å². The Balaban J connectivity index is 1.82. The molecule has 4 nitrogen and oxygen atoms in total. The summed E-state index contributed by atoms with van der Waals surface area (Å²) in [6.07, 6.45) is 2.81. The van der Waals surface area contributed by atoms with Gasteiger partial charge in [0.1, 0.15) is 5.75 Å². The zero-order valence-corrected chi connectivity index (χ0v) is 10.7. The van der Waals surface area contributed by atoms with Crippen LogP contribution < -0.4 is 15.4 Å². The molecule has 2 rings (SSSR count). The summed E-state index contributed by atoms with van der Waals surface area (Å²) in [4.78, 5) is 11.9. The zero-order valence-electron chi connectivity index (χ0n) is 10.7. The molecule has 18 heavy (non-hydrogen) atoms. The minimum Gasteiger partial charge on any atom is -0.497 e. The second kappa shape index (κ2) is 6.40. The van der Waals surface area contributed by atoms with Gasteiger partial charge in [-0.15, -0.1) is 0 Å². The molecule has 0 bridgehead atoms. The van der Waals surface area contributed by atoms with Gasteiger partial charge in [0.05, 0.1) is 7.11 Å². The summed E-state index contributed by atoms with van der Waals surface area (Å²) in [5.41, 5.74) is 0.828. The summed E-state index contributed by atoms with van der Waals surface area (Å²) in [5, 5.41) is 6.23. The Morgan fingerprint density at radius 3 is 2.61 bits per heavy atom. The van der Waals surface area contributed by atoms with Gasteiger partial charge in [0.2, 0.25) is 5.91 Å². The molecule has 4 heteroatoms. The molecule has 0 saturated carbocycles. The lowest BCUT2D eigenvalue weighted by molar-refractivity contribution is -0.117. The third kappa shape index (κ3) is 3.74. The number of anilines is 1. The van der Waals surface area contributed by atoms with Crippen molar-refractivity contribution < 1.29 is 9.53 Å². The smallest absolute Gasteiger partial charge is 0.224 e. The molecular formula is C14H20N2O2. The van der Waals surface area contributed by atoms with Gasteiger partial charge in [0.25, 0.3) is 0 Å². The van der Waals surface area contributed by atoms with Crippen molar-refractivity contribution in [1.82, 2.24) is 5.32 Å². The highest BCUT2D eigenvalue weighted by Gasteiger charge is 2.16. The molecule has 1 heterocycles. The Bertz CT molecular complexity index is 383. The quantitative estimate of drug-likeness (QED) is 0.857. The Morgan fingerprint density at radius 1 is 1.33 bits per heavy atom. The molecule has 1 aromatic carbocycles. The van der Waals surface area contributed by atoms with Crippen molar-refractivity contribution in [2.75, 3.05) is 25.5 Å². The third-order valence-corrected chi connectivity index (χ3v) is 3.31. The van der Waals surface area contributed by atoms with Gasteiger partial charge in [-0.1, -0.05) is 0 Å². The number of hydrogen-bond acceptors (Lipinski definition) is 3. The first kappa shape index (κ1) is 12.9. The maximum atomic E-state index is 11.9. The van der Waals surface area contributed by atoms with E-state index in [4.69, 9.17) is 4.74 Å². The van der Waals surface area contributed by atoms with E-state index in [0.717, 1.165) is 37.4 Å². The monoisotopic (exact) mass is 248 g/mol. The Kier molecular flexibility index (Phi) is 4.59.